The minimum absolute atomic E-state index is 0.103. The molecule has 0 saturated carbocycles. The summed E-state index contributed by atoms with van der Waals surface area (Å²) < 4.78 is 5.36. The fraction of sp³-hybridized carbons (Fsp3) is 0.692. The molecule has 1 atom stereocenters. The van der Waals surface area contributed by atoms with Crippen molar-refractivity contribution in [3.63, 3.8) is 0 Å². The first kappa shape index (κ1) is 13.3. The average Bonchev–Trinajstić information content (AvgIpc) is 2.53. The van der Waals surface area contributed by atoms with Crippen LogP contribution in [0, 0.1) is 5.92 Å². The molecule has 0 saturated heterocycles. The van der Waals surface area contributed by atoms with Gasteiger partial charge < -0.3 is 10.5 Å². The molecule has 1 aliphatic rings. The maximum atomic E-state index is 11.8. The highest BCUT2D eigenvalue weighted by Gasteiger charge is 2.26. The van der Waals surface area contributed by atoms with Crippen LogP contribution in [-0.4, -0.2) is 16.6 Å². The second-order valence-corrected chi connectivity index (χ2v) is 6.94. The predicted molar refractivity (Wildman–Crippen MR) is 72.5 cm³/mol. The zero-order chi connectivity index (χ0) is 13.3. The van der Waals surface area contributed by atoms with Crippen LogP contribution in [0.1, 0.15) is 44.2 Å². The van der Waals surface area contributed by atoms with E-state index >= 15 is 0 Å². The Labute approximate surface area is 112 Å². The number of ether oxygens (including phenoxy) is 1. The molecule has 0 spiro atoms. The van der Waals surface area contributed by atoms with E-state index in [1.54, 1.807) is 11.3 Å². The van der Waals surface area contributed by atoms with Crippen molar-refractivity contribution >= 4 is 22.4 Å². The molecule has 2 rings (SSSR count). The van der Waals surface area contributed by atoms with E-state index in [9.17, 15) is 4.79 Å². The fourth-order valence-electron chi connectivity index (χ4n) is 2.26. The summed E-state index contributed by atoms with van der Waals surface area (Å²) in [5, 5.41) is 0.637. The van der Waals surface area contributed by atoms with E-state index < -0.39 is 5.60 Å². The third-order valence-corrected chi connectivity index (χ3v) is 3.88. The minimum atomic E-state index is -0.397. The summed E-state index contributed by atoms with van der Waals surface area (Å²) in [7, 11) is 0. The van der Waals surface area contributed by atoms with Crippen molar-refractivity contribution in [3.8, 4) is 0 Å². The van der Waals surface area contributed by atoms with E-state index in [1.165, 1.54) is 4.88 Å². The van der Waals surface area contributed by atoms with Gasteiger partial charge in [0.1, 0.15) is 5.60 Å². The molecule has 1 aromatic heterocycles. The third kappa shape index (κ3) is 3.45. The lowest BCUT2D eigenvalue weighted by Gasteiger charge is -2.24. The van der Waals surface area contributed by atoms with E-state index in [2.05, 4.69) is 4.98 Å². The molecule has 0 aliphatic heterocycles. The number of nitrogen functional groups attached to an aromatic ring is 1. The van der Waals surface area contributed by atoms with Crippen LogP contribution in [-0.2, 0) is 22.4 Å². The van der Waals surface area contributed by atoms with Gasteiger partial charge in [-0.3, -0.25) is 4.79 Å². The number of nitrogens with two attached hydrogens (primary N) is 1. The highest BCUT2D eigenvalue weighted by Crippen LogP contribution is 2.32. The van der Waals surface area contributed by atoms with Gasteiger partial charge >= 0.3 is 5.97 Å². The van der Waals surface area contributed by atoms with Crippen LogP contribution in [0.5, 0.6) is 0 Å². The summed E-state index contributed by atoms with van der Waals surface area (Å²) in [5.41, 5.74) is 6.43. The number of esters is 1. The summed E-state index contributed by atoms with van der Waals surface area (Å²) in [5.74, 6) is 0.264. The van der Waals surface area contributed by atoms with E-state index in [0.717, 1.165) is 25.0 Å². The summed E-state index contributed by atoms with van der Waals surface area (Å²) in [6.07, 6.45) is 3.32. The summed E-state index contributed by atoms with van der Waals surface area (Å²) >= 11 is 1.55. The van der Waals surface area contributed by atoms with Crippen molar-refractivity contribution in [3.05, 3.63) is 10.6 Å². The second-order valence-electron chi connectivity index (χ2n) is 5.82. The largest absolute Gasteiger partial charge is 0.460 e. The highest BCUT2D eigenvalue weighted by molar-refractivity contribution is 7.15. The quantitative estimate of drug-likeness (QED) is 0.837. The monoisotopic (exact) mass is 268 g/mol. The zero-order valence-corrected chi connectivity index (χ0v) is 12.0. The van der Waals surface area contributed by atoms with Crippen LogP contribution in [0.2, 0.25) is 0 Å². The highest BCUT2D eigenvalue weighted by atomic mass is 32.1. The Balaban J connectivity index is 1.91. The number of carbonyl (C=O) groups excluding carboxylic acids is 1. The lowest BCUT2D eigenvalue weighted by Crippen LogP contribution is -2.26. The Bertz CT molecular complexity index is 448. The standard InChI is InChI=1S/C13H20N2O2S/c1-13(2,3)17-11(16)7-8-4-5-9-10(6-8)18-12(14)15-9/h8H,4-7H2,1-3H3,(H2,14,15)/t8-/m0/s1. The van der Waals surface area contributed by atoms with E-state index in [4.69, 9.17) is 10.5 Å². The summed E-state index contributed by atoms with van der Waals surface area (Å²) in [6, 6.07) is 0. The Hall–Kier alpha value is -1.10. The van der Waals surface area contributed by atoms with Crippen LogP contribution < -0.4 is 5.73 Å². The van der Waals surface area contributed by atoms with Gasteiger partial charge in [-0.2, -0.15) is 0 Å². The first-order chi connectivity index (χ1) is 8.33. The number of hydrogen-bond donors (Lipinski definition) is 1. The molecule has 0 fully saturated rings. The van der Waals surface area contributed by atoms with Crippen LogP contribution >= 0.6 is 11.3 Å². The SMILES string of the molecule is CC(C)(C)OC(=O)C[C@H]1CCc2nc(N)sc2C1. The maximum absolute atomic E-state index is 11.8. The molecule has 0 amide bonds. The van der Waals surface area contributed by atoms with E-state index in [1.807, 2.05) is 20.8 Å². The number of anilines is 1. The van der Waals surface area contributed by atoms with Gasteiger partial charge in [-0.05, 0) is 46.0 Å². The van der Waals surface area contributed by atoms with Crippen molar-refractivity contribution in [1.29, 1.82) is 0 Å². The first-order valence-electron chi connectivity index (χ1n) is 6.29. The van der Waals surface area contributed by atoms with Gasteiger partial charge in [0, 0.05) is 11.3 Å². The number of hydrogen-bond acceptors (Lipinski definition) is 5. The van der Waals surface area contributed by atoms with Crippen molar-refractivity contribution in [1.82, 2.24) is 4.98 Å². The number of aromatic nitrogens is 1. The molecule has 0 bridgehead atoms. The smallest absolute Gasteiger partial charge is 0.306 e. The molecule has 100 valence electrons. The van der Waals surface area contributed by atoms with Crippen molar-refractivity contribution in [2.75, 3.05) is 5.73 Å². The molecule has 0 radical (unpaired) electrons. The van der Waals surface area contributed by atoms with Crippen LogP contribution in [0.4, 0.5) is 5.13 Å². The van der Waals surface area contributed by atoms with Gasteiger partial charge in [0.05, 0.1) is 5.69 Å². The Morgan fingerprint density at radius 3 is 2.94 bits per heavy atom. The predicted octanol–water partition coefficient (Wildman–Crippen LogP) is 2.56. The molecule has 1 heterocycles. The van der Waals surface area contributed by atoms with Crippen LogP contribution in [0.3, 0.4) is 0 Å². The molecule has 0 unspecified atom stereocenters. The molecule has 2 N–H and O–H groups in total. The minimum Gasteiger partial charge on any atom is -0.460 e. The maximum Gasteiger partial charge on any atom is 0.306 e. The van der Waals surface area contributed by atoms with Gasteiger partial charge in [-0.15, -0.1) is 11.3 Å². The molecule has 1 aromatic rings. The number of nitrogens with zero attached hydrogens (tertiary/aromatic N) is 1. The Morgan fingerprint density at radius 2 is 2.28 bits per heavy atom. The average molecular weight is 268 g/mol. The Morgan fingerprint density at radius 1 is 1.56 bits per heavy atom. The van der Waals surface area contributed by atoms with Crippen LogP contribution in [0.15, 0.2) is 0 Å². The fourth-order valence-corrected chi connectivity index (χ4v) is 3.25. The first-order valence-corrected chi connectivity index (χ1v) is 7.11. The van der Waals surface area contributed by atoms with Crippen molar-refractivity contribution < 1.29 is 9.53 Å². The molecular formula is C13H20N2O2S. The lowest BCUT2D eigenvalue weighted by atomic mass is 9.88. The topological polar surface area (TPSA) is 65.2 Å². The number of fused-ring (bicyclic) bond motifs is 1. The molecule has 5 heteroatoms. The number of aryl methyl sites for hydroxylation is 1. The normalized spacial score (nSPS) is 19.4. The molecular weight excluding hydrogens is 248 g/mol. The number of rotatable bonds is 2. The second kappa shape index (κ2) is 4.88. The summed E-state index contributed by atoms with van der Waals surface area (Å²) in [6.45, 7) is 5.69. The van der Waals surface area contributed by atoms with Gasteiger partial charge in [0.25, 0.3) is 0 Å². The third-order valence-electron chi connectivity index (χ3n) is 2.93. The number of carbonyl (C=O) groups is 1. The van der Waals surface area contributed by atoms with E-state index in [0.29, 0.717) is 17.5 Å². The van der Waals surface area contributed by atoms with Gasteiger partial charge in [-0.25, -0.2) is 4.98 Å². The molecule has 18 heavy (non-hydrogen) atoms. The van der Waals surface area contributed by atoms with Gasteiger partial charge in [0.2, 0.25) is 0 Å². The lowest BCUT2D eigenvalue weighted by molar-refractivity contribution is -0.156. The van der Waals surface area contributed by atoms with E-state index in [-0.39, 0.29) is 5.97 Å². The Kier molecular flexibility index (Phi) is 3.61. The zero-order valence-electron chi connectivity index (χ0n) is 11.2. The molecule has 1 aliphatic carbocycles. The molecule has 4 nitrogen and oxygen atoms in total. The molecule has 0 aromatic carbocycles. The van der Waals surface area contributed by atoms with Crippen molar-refractivity contribution in [2.45, 2.75) is 52.1 Å². The number of thiazole rings is 1. The van der Waals surface area contributed by atoms with Crippen molar-refractivity contribution in [2.24, 2.45) is 5.92 Å². The van der Waals surface area contributed by atoms with Crippen LogP contribution in [0.25, 0.3) is 0 Å². The van der Waals surface area contributed by atoms with Gasteiger partial charge in [-0.1, -0.05) is 0 Å². The summed E-state index contributed by atoms with van der Waals surface area (Å²) in [4.78, 5) is 17.3. The van der Waals surface area contributed by atoms with Gasteiger partial charge in [0.15, 0.2) is 5.13 Å².